The number of ether oxygens (including phenoxy) is 2. The van der Waals surface area contributed by atoms with Crippen LogP contribution >= 0.6 is 0 Å². The molecule has 1 aromatic carbocycles. The van der Waals surface area contributed by atoms with Gasteiger partial charge in [-0.05, 0) is 26.0 Å². The first-order valence-corrected chi connectivity index (χ1v) is 5.60. The van der Waals surface area contributed by atoms with E-state index in [0.717, 1.165) is 0 Å². The molecule has 18 heavy (non-hydrogen) atoms. The zero-order chi connectivity index (χ0) is 13.8. The lowest BCUT2D eigenvalue weighted by Crippen LogP contribution is -2.22. The van der Waals surface area contributed by atoms with E-state index in [2.05, 4.69) is 0 Å². The largest absolute Gasteiger partial charge is 0.493 e. The molecule has 1 rings (SSSR count). The molecule has 0 heterocycles. The van der Waals surface area contributed by atoms with E-state index in [1.807, 2.05) is 0 Å². The molecule has 0 aliphatic heterocycles. The van der Waals surface area contributed by atoms with E-state index in [1.165, 1.54) is 13.2 Å². The Balaban J connectivity index is 2.88. The van der Waals surface area contributed by atoms with Crippen molar-refractivity contribution >= 4 is 5.97 Å². The number of para-hydroxylation sites is 1. The maximum Gasteiger partial charge on any atom is 0.339 e. The standard InChI is InChI=1S/C13H18O5/c1-13(2,16)7-8-18-11-9(12(14)15)5-4-6-10(11)17-3/h4-6,16H,7-8H2,1-3H3,(H,14,15). The highest BCUT2D eigenvalue weighted by atomic mass is 16.5. The molecule has 0 unspecified atom stereocenters. The van der Waals surface area contributed by atoms with Crippen LogP contribution in [0.3, 0.4) is 0 Å². The molecule has 0 spiro atoms. The molecule has 2 N–H and O–H groups in total. The number of hydrogen-bond acceptors (Lipinski definition) is 4. The van der Waals surface area contributed by atoms with Gasteiger partial charge in [-0.2, -0.15) is 0 Å². The molecule has 0 bridgehead atoms. The van der Waals surface area contributed by atoms with Gasteiger partial charge in [0.1, 0.15) is 5.56 Å². The lowest BCUT2D eigenvalue weighted by Gasteiger charge is -2.18. The van der Waals surface area contributed by atoms with E-state index >= 15 is 0 Å². The Kier molecular flexibility index (Phi) is 4.55. The van der Waals surface area contributed by atoms with Crippen molar-refractivity contribution in [1.82, 2.24) is 0 Å². The van der Waals surface area contributed by atoms with Gasteiger partial charge in [0.25, 0.3) is 0 Å². The number of aliphatic hydroxyl groups is 1. The summed E-state index contributed by atoms with van der Waals surface area (Å²) in [6, 6.07) is 4.67. The Bertz CT molecular complexity index is 420. The van der Waals surface area contributed by atoms with Gasteiger partial charge in [0, 0.05) is 6.42 Å². The van der Waals surface area contributed by atoms with Crippen LogP contribution in [-0.4, -0.2) is 35.5 Å². The summed E-state index contributed by atoms with van der Waals surface area (Å²) in [5.74, 6) is -0.519. The molecule has 5 heteroatoms. The first-order chi connectivity index (χ1) is 8.35. The van der Waals surface area contributed by atoms with E-state index in [4.69, 9.17) is 14.6 Å². The van der Waals surface area contributed by atoms with E-state index in [1.54, 1.807) is 26.0 Å². The van der Waals surface area contributed by atoms with Crippen molar-refractivity contribution in [2.75, 3.05) is 13.7 Å². The van der Waals surface area contributed by atoms with Gasteiger partial charge in [-0.1, -0.05) is 6.07 Å². The normalized spacial score (nSPS) is 11.1. The van der Waals surface area contributed by atoms with E-state index in [-0.39, 0.29) is 17.9 Å². The Hall–Kier alpha value is -1.75. The molecule has 0 aliphatic rings. The molecule has 0 amide bonds. The third kappa shape index (κ3) is 3.92. The van der Waals surface area contributed by atoms with E-state index in [9.17, 15) is 9.90 Å². The predicted molar refractivity (Wildman–Crippen MR) is 66.4 cm³/mol. The summed E-state index contributed by atoms with van der Waals surface area (Å²) < 4.78 is 10.5. The summed E-state index contributed by atoms with van der Waals surface area (Å²) >= 11 is 0. The summed E-state index contributed by atoms with van der Waals surface area (Å²) in [7, 11) is 1.45. The predicted octanol–water partition coefficient (Wildman–Crippen LogP) is 1.93. The summed E-state index contributed by atoms with van der Waals surface area (Å²) in [4.78, 5) is 11.1. The van der Waals surface area contributed by atoms with Crippen molar-refractivity contribution in [3.63, 3.8) is 0 Å². The number of aromatic carboxylic acids is 1. The van der Waals surface area contributed by atoms with Gasteiger partial charge in [0.05, 0.1) is 19.3 Å². The van der Waals surface area contributed by atoms with E-state index < -0.39 is 11.6 Å². The minimum Gasteiger partial charge on any atom is -0.493 e. The van der Waals surface area contributed by atoms with Crippen molar-refractivity contribution < 1.29 is 24.5 Å². The van der Waals surface area contributed by atoms with Crippen molar-refractivity contribution in [3.8, 4) is 11.5 Å². The molecule has 0 saturated carbocycles. The summed E-state index contributed by atoms with van der Waals surface area (Å²) in [5.41, 5.74) is -0.809. The summed E-state index contributed by atoms with van der Waals surface area (Å²) in [6.45, 7) is 3.54. The van der Waals surface area contributed by atoms with Crippen LogP contribution in [0.25, 0.3) is 0 Å². The molecule has 0 aliphatic carbocycles. The minimum absolute atomic E-state index is 0.0464. The molecule has 5 nitrogen and oxygen atoms in total. The first-order valence-electron chi connectivity index (χ1n) is 5.60. The van der Waals surface area contributed by atoms with Crippen LogP contribution in [0.1, 0.15) is 30.6 Å². The lowest BCUT2D eigenvalue weighted by atomic mass is 10.1. The second-order valence-corrected chi connectivity index (χ2v) is 4.55. The second kappa shape index (κ2) is 5.73. The van der Waals surface area contributed by atoms with Crippen molar-refractivity contribution in [2.24, 2.45) is 0 Å². The molecule has 0 aromatic heterocycles. The number of carboxylic acid groups (broad SMARTS) is 1. The molecule has 0 radical (unpaired) electrons. The fourth-order valence-corrected chi connectivity index (χ4v) is 1.40. The van der Waals surface area contributed by atoms with Gasteiger partial charge in [-0.25, -0.2) is 4.79 Å². The summed E-state index contributed by atoms with van der Waals surface area (Å²) in [5, 5.41) is 18.6. The van der Waals surface area contributed by atoms with E-state index in [0.29, 0.717) is 12.2 Å². The number of hydrogen-bond donors (Lipinski definition) is 2. The van der Waals surface area contributed by atoms with Gasteiger partial charge in [-0.3, -0.25) is 0 Å². The van der Waals surface area contributed by atoms with Crippen molar-refractivity contribution in [3.05, 3.63) is 23.8 Å². The number of methoxy groups -OCH3 is 1. The number of carbonyl (C=O) groups is 1. The van der Waals surface area contributed by atoms with Crippen molar-refractivity contribution in [2.45, 2.75) is 25.9 Å². The Morgan fingerprint density at radius 1 is 1.39 bits per heavy atom. The molecule has 0 saturated heterocycles. The molecule has 1 aromatic rings. The SMILES string of the molecule is COc1cccc(C(=O)O)c1OCCC(C)(C)O. The molecule has 100 valence electrons. The van der Waals surface area contributed by atoms with Crippen LogP contribution in [0.15, 0.2) is 18.2 Å². The van der Waals surface area contributed by atoms with Crippen LogP contribution < -0.4 is 9.47 Å². The Labute approximate surface area is 106 Å². The van der Waals surface area contributed by atoms with Crippen LogP contribution in [0, 0.1) is 0 Å². The molecular weight excluding hydrogens is 236 g/mol. The maximum absolute atomic E-state index is 11.1. The topological polar surface area (TPSA) is 76.0 Å². The first kappa shape index (κ1) is 14.3. The highest BCUT2D eigenvalue weighted by molar-refractivity contribution is 5.92. The number of rotatable bonds is 6. The number of carboxylic acids is 1. The maximum atomic E-state index is 11.1. The number of benzene rings is 1. The highest BCUT2D eigenvalue weighted by Gasteiger charge is 2.18. The monoisotopic (exact) mass is 254 g/mol. The third-order valence-corrected chi connectivity index (χ3v) is 2.39. The van der Waals surface area contributed by atoms with Gasteiger partial charge in [0.15, 0.2) is 11.5 Å². The molecular formula is C13H18O5. The molecule has 0 atom stereocenters. The van der Waals surface area contributed by atoms with Gasteiger partial charge < -0.3 is 19.7 Å². The average Bonchev–Trinajstić information content (AvgIpc) is 2.27. The third-order valence-electron chi connectivity index (χ3n) is 2.39. The Morgan fingerprint density at radius 2 is 2.06 bits per heavy atom. The molecule has 0 fully saturated rings. The Morgan fingerprint density at radius 3 is 2.56 bits per heavy atom. The fraction of sp³-hybridized carbons (Fsp3) is 0.462. The quantitative estimate of drug-likeness (QED) is 0.811. The smallest absolute Gasteiger partial charge is 0.339 e. The van der Waals surface area contributed by atoms with Gasteiger partial charge >= 0.3 is 5.97 Å². The zero-order valence-electron chi connectivity index (χ0n) is 10.8. The lowest BCUT2D eigenvalue weighted by molar-refractivity contribution is 0.0543. The van der Waals surface area contributed by atoms with Gasteiger partial charge in [-0.15, -0.1) is 0 Å². The van der Waals surface area contributed by atoms with Gasteiger partial charge in [0.2, 0.25) is 0 Å². The average molecular weight is 254 g/mol. The van der Waals surface area contributed by atoms with Crippen molar-refractivity contribution in [1.29, 1.82) is 0 Å². The highest BCUT2D eigenvalue weighted by Crippen LogP contribution is 2.31. The second-order valence-electron chi connectivity index (χ2n) is 4.55. The summed E-state index contributed by atoms with van der Waals surface area (Å²) in [6.07, 6.45) is 0.393. The van der Waals surface area contributed by atoms with Crippen LogP contribution in [0.5, 0.6) is 11.5 Å². The minimum atomic E-state index is -1.08. The van der Waals surface area contributed by atoms with Crippen LogP contribution in [0.2, 0.25) is 0 Å². The zero-order valence-corrected chi connectivity index (χ0v) is 10.8. The fourth-order valence-electron chi connectivity index (χ4n) is 1.40. The van der Waals surface area contributed by atoms with Crippen LogP contribution in [0.4, 0.5) is 0 Å². The van der Waals surface area contributed by atoms with Crippen LogP contribution in [-0.2, 0) is 0 Å².